The molecule has 0 saturated carbocycles. The summed E-state index contributed by atoms with van der Waals surface area (Å²) in [6.45, 7) is 3.68. The third kappa shape index (κ3) is 4.01. The van der Waals surface area contributed by atoms with E-state index in [1.165, 1.54) is 30.3 Å². The van der Waals surface area contributed by atoms with Crippen LogP contribution in [0, 0.1) is 13.8 Å². The Labute approximate surface area is 187 Å². The topological polar surface area (TPSA) is 66.5 Å². The lowest BCUT2D eigenvalue weighted by atomic mass is 10.1. The Morgan fingerprint density at radius 2 is 1.66 bits per heavy atom. The lowest BCUT2D eigenvalue weighted by Crippen LogP contribution is -2.30. The maximum Gasteiger partial charge on any atom is 0.288 e. The normalized spacial score (nSPS) is 13.0. The SMILES string of the molecule is Cc1ccc(C)c(N2C(=O)c3ccc(C(=O)Nc4ccccc4SC(F)F)cc3C2=O)c1. The molecule has 0 aliphatic carbocycles. The summed E-state index contributed by atoms with van der Waals surface area (Å²) >= 11 is 0.330. The highest BCUT2D eigenvalue weighted by Crippen LogP contribution is 2.33. The standard InChI is InChI=1S/C24H18F2N2O3S/c1-13-7-8-14(2)19(11-13)28-22(30)16-10-9-15(12-17(16)23(28)31)21(29)27-18-5-3-4-6-20(18)32-24(25)26/h3-12,24H,1-2H3,(H,27,29). The van der Waals surface area contributed by atoms with Crippen molar-refractivity contribution in [2.75, 3.05) is 10.2 Å². The van der Waals surface area contributed by atoms with Gasteiger partial charge in [-0.1, -0.05) is 36.0 Å². The van der Waals surface area contributed by atoms with Gasteiger partial charge in [-0.25, -0.2) is 4.90 Å². The van der Waals surface area contributed by atoms with E-state index in [2.05, 4.69) is 5.32 Å². The molecule has 1 aliphatic heterocycles. The molecule has 32 heavy (non-hydrogen) atoms. The van der Waals surface area contributed by atoms with E-state index in [4.69, 9.17) is 0 Å². The maximum atomic E-state index is 13.1. The smallest absolute Gasteiger partial charge is 0.288 e. The van der Waals surface area contributed by atoms with Crippen LogP contribution in [0.1, 0.15) is 42.2 Å². The van der Waals surface area contributed by atoms with Crippen molar-refractivity contribution < 1.29 is 23.2 Å². The fourth-order valence-electron chi connectivity index (χ4n) is 3.52. The van der Waals surface area contributed by atoms with Crippen LogP contribution in [-0.2, 0) is 0 Å². The first-order chi connectivity index (χ1) is 15.3. The first-order valence-electron chi connectivity index (χ1n) is 9.71. The van der Waals surface area contributed by atoms with Gasteiger partial charge < -0.3 is 5.32 Å². The van der Waals surface area contributed by atoms with Crippen molar-refractivity contribution in [2.24, 2.45) is 0 Å². The van der Waals surface area contributed by atoms with E-state index in [0.717, 1.165) is 16.0 Å². The number of hydrogen-bond donors (Lipinski definition) is 1. The van der Waals surface area contributed by atoms with E-state index < -0.39 is 23.5 Å². The molecule has 4 rings (SSSR count). The molecule has 3 amide bonds. The second-order valence-corrected chi connectivity index (χ2v) is 8.36. The number of aryl methyl sites for hydroxylation is 2. The summed E-state index contributed by atoms with van der Waals surface area (Å²) in [6, 6.07) is 16.0. The molecule has 1 aliphatic rings. The molecular formula is C24H18F2N2O3S. The van der Waals surface area contributed by atoms with Crippen molar-refractivity contribution in [3.05, 3.63) is 88.5 Å². The van der Waals surface area contributed by atoms with Crippen LogP contribution in [0.3, 0.4) is 0 Å². The number of hydrogen-bond acceptors (Lipinski definition) is 4. The Kier molecular flexibility index (Phi) is 5.80. The highest BCUT2D eigenvalue weighted by Gasteiger charge is 2.37. The van der Waals surface area contributed by atoms with Crippen molar-refractivity contribution >= 4 is 40.9 Å². The van der Waals surface area contributed by atoms with Crippen LogP contribution in [-0.4, -0.2) is 23.5 Å². The molecule has 0 bridgehead atoms. The van der Waals surface area contributed by atoms with Gasteiger partial charge in [-0.3, -0.25) is 14.4 Å². The fraction of sp³-hybridized carbons (Fsp3) is 0.125. The van der Waals surface area contributed by atoms with Gasteiger partial charge in [-0.15, -0.1) is 0 Å². The number of amides is 3. The highest BCUT2D eigenvalue weighted by molar-refractivity contribution is 7.99. The maximum absolute atomic E-state index is 13.1. The number of para-hydroxylation sites is 1. The van der Waals surface area contributed by atoms with E-state index in [9.17, 15) is 23.2 Å². The molecule has 0 unspecified atom stereocenters. The molecule has 1 heterocycles. The molecule has 0 aromatic heterocycles. The Balaban J connectivity index is 1.63. The Hall–Kier alpha value is -3.52. The lowest BCUT2D eigenvalue weighted by Gasteiger charge is -2.17. The number of alkyl halides is 2. The molecule has 0 fully saturated rings. The van der Waals surface area contributed by atoms with Crippen LogP contribution in [0.5, 0.6) is 0 Å². The van der Waals surface area contributed by atoms with Gasteiger partial charge in [0.05, 0.1) is 22.5 Å². The minimum Gasteiger partial charge on any atom is -0.321 e. The number of benzene rings is 3. The summed E-state index contributed by atoms with van der Waals surface area (Å²) in [4.78, 5) is 40.1. The van der Waals surface area contributed by atoms with Crippen LogP contribution >= 0.6 is 11.8 Å². The molecule has 0 atom stereocenters. The van der Waals surface area contributed by atoms with E-state index in [1.807, 2.05) is 26.0 Å². The van der Waals surface area contributed by atoms with Crippen molar-refractivity contribution in [1.29, 1.82) is 0 Å². The molecule has 3 aromatic rings. The van der Waals surface area contributed by atoms with Crippen LogP contribution in [0.4, 0.5) is 20.2 Å². The summed E-state index contributed by atoms with van der Waals surface area (Å²) in [5.41, 5.74) is 2.89. The van der Waals surface area contributed by atoms with Crippen LogP contribution in [0.25, 0.3) is 0 Å². The number of thioether (sulfide) groups is 1. The molecular weight excluding hydrogens is 434 g/mol. The number of imide groups is 1. The van der Waals surface area contributed by atoms with Crippen molar-refractivity contribution in [3.63, 3.8) is 0 Å². The molecule has 162 valence electrons. The predicted molar refractivity (Wildman–Crippen MR) is 120 cm³/mol. The summed E-state index contributed by atoms with van der Waals surface area (Å²) in [7, 11) is 0. The summed E-state index contributed by atoms with van der Waals surface area (Å²) < 4.78 is 25.6. The van der Waals surface area contributed by atoms with Crippen molar-refractivity contribution in [1.82, 2.24) is 0 Å². The van der Waals surface area contributed by atoms with E-state index >= 15 is 0 Å². The zero-order chi connectivity index (χ0) is 23.0. The second kappa shape index (κ2) is 8.55. The Morgan fingerprint density at radius 3 is 2.41 bits per heavy atom. The molecule has 8 heteroatoms. The lowest BCUT2D eigenvalue weighted by molar-refractivity contribution is 0.0925. The molecule has 5 nitrogen and oxygen atoms in total. The molecule has 1 N–H and O–H groups in total. The van der Waals surface area contributed by atoms with Gasteiger partial charge >= 0.3 is 0 Å². The third-order valence-corrected chi connectivity index (χ3v) is 5.89. The van der Waals surface area contributed by atoms with E-state index in [-0.39, 0.29) is 27.3 Å². The average Bonchev–Trinajstić information content (AvgIpc) is 3.00. The number of carbonyl (C=O) groups excluding carboxylic acids is 3. The van der Waals surface area contributed by atoms with Gasteiger partial charge in [0.15, 0.2) is 0 Å². The Morgan fingerprint density at radius 1 is 0.938 bits per heavy atom. The third-order valence-electron chi connectivity index (χ3n) is 5.11. The van der Waals surface area contributed by atoms with Crippen LogP contribution < -0.4 is 10.2 Å². The monoisotopic (exact) mass is 452 g/mol. The number of nitrogens with one attached hydrogen (secondary N) is 1. The number of rotatable bonds is 5. The number of anilines is 2. The van der Waals surface area contributed by atoms with E-state index in [0.29, 0.717) is 17.4 Å². The zero-order valence-electron chi connectivity index (χ0n) is 17.2. The average molecular weight is 452 g/mol. The quantitative estimate of drug-likeness (QED) is 0.400. The number of halogens is 2. The largest absolute Gasteiger partial charge is 0.321 e. The highest BCUT2D eigenvalue weighted by atomic mass is 32.2. The van der Waals surface area contributed by atoms with Crippen LogP contribution in [0.2, 0.25) is 0 Å². The second-order valence-electron chi connectivity index (χ2n) is 7.32. The Bertz CT molecular complexity index is 1260. The summed E-state index contributed by atoms with van der Waals surface area (Å²) in [5, 5.41) is 2.61. The van der Waals surface area contributed by atoms with E-state index in [1.54, 1.807) is 18.2 Å². The van der Waals surface area contributed by atoms with Crippen molar-refractivity contribution in [2.45, 2.75) is 24.5 Å². The van der Waals surface area contributed by atoms with Crippen molar-refractivity contribution in [3.8, 4) is 0 Å². The van der Waals surface area contributed by atoms with Gasteiger partial charge in [-0.05, 0) is 61.4 Å². The number of fused-ring (bicyclic) bond motifs is 1. The van der Waals surface area contributed by atoms with Gasteiger partial charge in [-0.2, -0.15) is 8.78 Å². The summed E-state index contributed by atoms with van der Waals surface area (Å²) in [5.74, 6) is -4.17. The first kappa shape index (κ1) is 21.7. The number of carbonyl (C=O) groups is 3. The van der Waals surface area contributed by atoms with Gasteiger partial charge in [0, 0.05) is 10.5 Å². The van der Waals surface area contributed by atoms with Gasteiger partial charge in [0.25, 0.3) is 23.5 Å². The molecule has 3 aromatic carbocycles. The number of nitrogens with zero attached hydrogens (tertiary/aromatic N) is 1. The minimum absolute atomic E-state index is 0.124. The fourth-order valence-corrected chi connectivity index (χ4v) is 4.12. The van der Waals surface area contributed by atoms with Gasteiger partial charge in [0.1, 0.15) is 0 Å². The molecule has 0 spiro atoms. The summed E-state index contributed by atoms with van der Waals surface area (Å²) in [6.07, 6.45) is 0. The molecule has 0 saturated heterocycles. The van der Waals surface area contributed by atoms with Gasteiger partial charge in [0.2, 0.25) is 0 Å². The first-order valence-corrected chi connectivity index (χ1v) is 10.6. The molecule has 0 radical (unpaired) electrons. The van der Waals surface area contributed by atoms with Crippen LogP contribution in [0.15, 0.2) is 65.6 Å². The predicted octanol–water partition coefficient (Wildman–Crippen LogP) is 5.67. The minimum atomic E-state index is -2.63. The zero-order valence-corrected chi connectivity index (χ0v) is 18.0.